The van der Waals surface area contributed by atoms with E-state index in [9.17, 15) is 0 Å². The zero-order valence-corrected chi connectivity index (χ0v) is 12.3. The van der Waals surface area contributed by atoms with E-state index in [0.717, 1.165) is 13.1 Å². The Morgan fingerprint density at radius 3 is 2.71 bits per heavy atom. The van der Waals surface area contributed by atoms with E-state index in [-0.39, 0.29) is 0 Å². The molecule has 3 aromatic rings. The van der Waals surface area contributed by atoms with Crippen molar-refractivity contribution in [2.24, 2.45) is 0 Å². The number of para-hydroxylation sites is 1. The fourth-order valence-electron chi connectivity index (χ4n) is 2.57. The number of nitrogens with zero attached hydrogens (tertiary/aromatic N) is 1. The summed E-state index contributed by atoms with van der Waals surface area (Å²) in [6, 6.07) is 19.0. The minimum atomic E-state index is 0.936. The van der Waals surface area contributed by atoms with Gasteiger partial charge in [0.05, 0.1) is 0 Å². The predicted molar refractivity (Wildman–Crippen MR) is 90.1 cm³/mol. The van der Waals surface area contributed by atoms with Gasteiger partial charge < -0.3 is 4.98 Å². The molecule has 0 atom stereocenters. The van der Waals surface area contributed by atoms with Crippen molar-refractivity contribution in [1.29, 1.82) is 0 Å². The lowest BCUT2D eigenvalue weighted by atomic mass is 10.1. The summed E-state index contributed by atoms with van der Waals surface area (Å²) in [5.41, 5.74) is 3.84. The second kappa shape index (κ2) is 6.42. The van der Waals surface area contributed by atoms with Gasteiger partial charge in [-0.15, -0.1) is 0 Å². The second-order valence-electron chi connectivity index (χ2n) is 5.37. The SMILES string of the molecule is CN(CC=Cc1ccccc1)Cc1cccc2cc[nH]c12. The van der Waals surface area contributed by atoms with Crippen LogP contribution >= 0.6 is 0 Å². The topological polar surface area (TPSA) is 19.0 Å². The summed E-state index contributed by atoms with van der Waals surface area (Å²) in [6.07, 6.45) is 6.39. The van der Waals surface area contributed by atoms with Gasteiger partial charge in [-0.25, -0.2) is 0 Å². The smallest absolute Gasteiger partial charge is 0.0499 e. The van der Waals surface area contributed by atoms with Crippen LogP contribution in [-0.2, 0) is 6.54 Å². The summed E-state index contributed by atoms with van der Waals surface area (Å²) in [6.45, 7) is 1.88. The van der Waals surface area contributed by atoms with E-state index in [1.165, 1.54) is 22.0 Å². The summed E-state index contributed by atoms with van der Waals surface area (Å²) in [5.74, 6) is 0. The highest BCUT2D eigenvalue weighted by molar-refractivity contribution is 5.82. The molecule has 0 radical (unpaired) electrons. The maximum atomic E-state index is 3.33. The number of fused-ring (bicyclic) bond motifs is 1. The Kier molecular flexibility index (Phi) is 4.17. The van der Waals surface area contributed by atoms with E-state index >= 15 is 0 Å². The molecule has 0 bridgehead atoms. The Morgan fingerprint density at radius 1 is 1.00 bits per heavy atom. The summed E-state index contributed by atoms with van der Waals surface area (Å²) in [4.78, 5) is 5.65. The zero-order valence-electron chi connectivity index (χ0n) is 12.3. The summed E-state index contributed by atoms with van der Waals surface area (Å²) >= 11 is 0. The molecule has 2 nitrogen and oxygen atoms in total. The van der Waals surface area contributed by atoms with Crippen LogP contribution in [0.4, 0.5) is 0 Å². The predicted octanol–water partition coefficient (Wildman–Crippen LogP) is 4.31. The Labute approximate surface area is 125 Å². The van der Waals surface area contributed by atoms with Crippen LogP contribution in [-0.4, -0.2) is 23.5 Å². The van der Waals surface area contributed by atoms with Crippen LogP contribution in [0.3, 0.4) is 0 Å². The summed E-state index contributed by atoms with van der Waals surface area (Å²) in [7, 11) is 2.15. The monoisotopic (exact) mass is 276 g/mol. The van der Waals surface area contributed by atoms with Crippen LogP contribution in [0.1, 0.15) is 11.1 Å². The molecule has 21 heavy (non-hydrogen) atoms. The minimum absolute atomic E-state index is 0.936. The molecule has 2 aromatic carbocycles. The van der Waals surface area contributed by atoms with Gasteiger partial charge in [0.15, 0.2) is 0 Å². The van der Waals surface area contributed by atoms with Crippen molar-refractivity contribution >= 4 is 17.0 Å². The number of hydrogen-bond donors (Lipinski definition) is 1. The second-order valence-corrected chi connectivity index (χ2v) is 5.37. The zero-order chi connectivity index (χ0) is 14.5. The molecule has 1 aromatic heterocycles. The molecule has 0 aliphatic heterocycles. The lowest BCUT2D eigenvalue weighted by molar-refractivity contribution is 0.365. The van der Waals surface area contributed by atoms with Gasteiger partial charge in [0.25, 0.3) is 0 Å². The lowest BCUT2D eigenvalue weighted by Crippen LogP contribution is -2.17. The Balaban J connectivity index is 1.63. The fraction of sp³-hybridized carbons (Fsp3) is 0.158. The van der Waals surface area contributed by atoms with Crippen LogP contribution in [0.15, 0.2) is 66.9 Å². The van der Waals surface area contributed by atoms with Gasteiger partial charge in [0, 0.05) is 24.8 Å². The number of rotatable bonds is 5. The van der Waals surface area contributed by atoms with Crippen LogP contribution in [0.2, 0.25) is 0 Å². The standard InChI is InChI=1S/C19H20N2/c1-21(14-6-9-16-7-3-2-4-8-16)15-18-11-5-10-17-12-13-20-19(17)18/h2-13,20H,14-15H2,1H3. The molecule has 1 N–H and O–H groups in total. The Morgan fingerprint density at radius 2 is 1.86 bits per heavy atom. The molecule has 2 heteroatoms. The molecule has 0 saturated heterocycles. The van der Waals surface area contributed by atoms with E-state index in [4.69, 9.17) is 0 Å². The van der Waals surface area contributed by atoms with E-state index in [0.29, 0.717) is 0 Å². The van der Waals surface area contributed by atoms with Gasteiger partial charge in [0.2, 0.25) is 0 Å². The van der Waals surface area contributed by atoms with Gasteiger partial charge in [-0.3, -0.25) is 4.90 Å². The number of benzene rings is 2. The highest BCUT2D eigenvalue weighted by Gasteiger charge is 2.04. The molecule has 3 rings (SSSR count). The number of likely N-dealkylation sites (N-methyl/N-ethyl adjacent to an activating group) is 1. The van der Waals surface area contributed by atoms with Gasteiger partial charge in [-0.1, -0.05) is 60.7 Å². The fourth-order valence-corrected chi connectivity index (χ4v) is 2.57. The van der Waals surface area contributed by atoms with E-state index in [1.807, 2.05) is 12.3 Å². The number of hydrogen-bond acceptors (Lipinski definition) is 1. The van der Waals surface area contributed by atoms with Crippen LogP contribution < -0.4 is 0 Å². The van der Waals surface area contributed by atoms with Crippen molar-refractivity contribution in [3.8, 4) is 0 Å². The molecule has 0 saturated carbocycles. The number of aromatic amines is 1. The number of H-pyrrole nitrogens is 1. The lowest BCUT2D eigenvalue weighted by Gasteiger charge is -2.15. The quantitative estimate of drug-likeness (QED) is 0.735. The molecule has 0 amide bonds. The van der Waals surface area contributed by atoms with Crippen molar-refractivity contribution in [1.82, 2.24) is 9.88 Å². The molecule has 0 spiro atoms. The average molecular weight is 276 g/mol. The van der Waals surface area contributed by atoms with Crippen molar-refractivity contribution < 1.29 is 0 Å². The van der Waals surface area contributed by atoms with Crippen LogP contribution in [0.25, 0.3) is 17.0 Å². The number of nitrogens with one attached hydrogen (secondary N) is 1. The first kappa shape index (κ1) is 13.7. The first-order chi connectivity index (χ1) is 10.3. The average Bonchev–Trinajstić information content (AvgIpc) is 2.98. The molecule has 0 unspecified atom stereocenters. The molecule has 0 aliphatic rings. The largest absolute Gasteiger partial charge is 0.361 e. The van der Waals surface area contributed by atoms with Crippen molar-refractivity contribution in [2.75, 3.05) is 13.6 Å². The normalized spacial score (nSPS) is 11.7. The first-order valence-electron chi connectivity index (χ1n) is 7.28. The summed E-state index contributed by atoms with van der Waals surface area (Å²) < 4.78 is 0. The van der Waals surface area contributed by atoms with Crippen molar-refractivity contribution in [3.05, 3.63) is 78.0 Å². The van der Waals surface area contributed by atoms with E-state index in [2.05, 4.69) is 77.6 Å². The Bertz CT molecular complexity index is 725. The maximum absolute atomic E-state index is 3.33. The molecule has 0 aliphatic carbocycles. The van der Waals surface area contributed by atoms with Crippen molar-refractivity contribution in [3.63, 3.8) is 0 Å². The molecular weight excluding hydrogens is 256 g/mol. The van der Waals surface area contributed by atoms with Gasteiger partial charge in [-0.2, -0.15) is 0 Å². The van der Waals surface area contributed by atoms with Gasteiger partial charge >= 0.3 is 0 Å². The molecule has 0 fully saturated rings. The van der Waals surface area contributed by atoms with Crippen LogP contribution in [0, 0.1) is 0 Å². The van der Waals surface area contributed by atoms with Gasteiger partial charge in [-0.05, 0) is 29.6 Å². The molecule has 106 valence electrons. The molecule has 1 heterocycles. The third kappa shape index (κ3) is 3.41. The minimum Gasteiger partial charge on any atom is -0.361 e. The highest BCUT2D eigenvalue weighted by atomic mass is 15.1. The third-order valence-electron chi connectivity index (χ3n) is 3.64. The Hall–Kier alpha value is -2.32. The first-order valence-corrected chi connectivity index (χ1v) is 7.28. The highest BCUT2D eigenvalue weighted by Crippen LogP contribution is 2.18. The van der Waals surface area contributed by atoms with E-state index in [1.54, 1.807) is 0 Å². The van der Waals surface area contributed by atoms with E-state index < -0.39 is 0 Å². The maximum Gasteiger partial charge on any atom is 0.0499 e. The third-order valence-corrected chi connectivity index (χ3v) is 3.64. The summed E-state index contributed by atoms with van der Waals surface area (Å²) in [5, 5.41) is 1.28. The number of aromatic nitrogens is 1. The van der Waals surface area contributed by atoms with Crippen LogP contribution in [0.5, 0.6) is 0 Å². The van der Waals surface area contributed by atoms with Gasteiger partial charge in [0.1, 0.15) is 0 Å². The molecular formula is C19H20N2. The van der Waals surface area contributed by atoms with Crippen molar-refractivity contribution in [2.45, 2.75) is 6.54 Å².